The van der Waals surface area contributed by atoms with Crippen LogP contribution in [0.3, 0.4) is 0 Å². The number of benzene rings is 2. The monoisotopic (exact) mass is 453 g/mol. The number of carbonyl (C=O) groups excluding carboxylic acids is 1. The van der Waals surface area contributed by atoms with E-state index in [1.54, 1.807) is 50.2 Å². The Hall–Kier alpha value is -3.73. The molecule has 0 N–H and O–H groups in total. The van der Waals surface area contributed by atoms with Crippen LogP contribution in [0.25, 0.3) is 0 Å². The van der Waals surface area contributed by atoms with Crippen LogP contribution >= 0.6 is 0 Å². The third-order valence-electron chi connectivity index (χ3n) is 4.60. The number of rotatable bonds is 10. The van der Waals surface area contributed by atoms with Crippen molar-refractivity contribution in [1.82, 2.24) is 4.90 Å². The van der Waals surface area contributed by atoms with Gasteiger partial charge in [0.25, 0.3) is 5.91 Å². The summed E-state index contributed by atoms with van der Waals surface area (Å²) >= 11 is 0. The Morgan fingerprint density at radius 1 is 1.00 bits per heavy atom. The normalized spacial score (nSPS) is 10.4. The van der Waals surface area contributed by atoms with E-state index in [2.05, 4.69) is 11.2 Å². The van der Waals surface area contributed by atoms with Crippen LogP contribution in [-0.4, -0.2) is 42.5 Å². The van der Waals surface area contributed by atoms with Gasteiger partial charge in [-0.05, 0) is 71.9 Å². The van der Waals surface area contributed by atoms with Crippen molar-refractivity contribution in [2.24, 2.45) is 5.16 Å². The number of ether oxygens (including phenoxy) is 3. The molecular formula is C25H31N3O5. The minimum Gasteiger partial charge on any atom is -0.493 e. The zero-order valence-electron chi connectivity index (χ0n) is 20.2. The van der Waals surface area contributed by atoms with Crippen molar-refractivity contribution in [3.8, 4) is 29.1 Å². The molecule has 0 aromatic heterocycles. The first-order chi connectivity index (χ1) is 15.7. The summed E-state index contributed by atoms with van der Waals surface area (Å²) < 4.78 is 16.8. The molecule has 0 atom stereocenters. The van der Waals surface area contributed by atoms with Crippen molar-refractivity contribution in [2.45, 2.75) is 53.6 Å². The maximum absolute atomic E-state index is 12.9. The van der Waals surface area contributed by atoms with Gasteiger partial charge in [-0.2, -0.15) is 5.26 Å². The lowest BCUT2D eigenvalue weighted by Gasteiger charge is -2.31. The van der Waals surface area contributed by atoms with E-state index in [4.69, 9.17) is 19.0 Å². The Balaban J connectivity index is 2.12. The van der Waals surface area contributed by atoms with E-state index in [1.165, 1.54) is 7.11 Å². The van der Waals surface area contributed by atoms with Crippen LogP contribution in [0.4, 0.5) is 0 Å². The SMILES string of the molecule is COc1cc(C(=O)N(C(C)C)C(C)C)ccc1OCOc1ccc(C#N)c(ON=C(C)C)c1. The molecule has 8 heteroatoms. The van der Waals surface area contributed by atoms with Gasteiger partial charge >= 0.3 is 0 Å². The van der Waals surface area contributed by atoms with Crippen molar-refractivity contribution in [1.29, 1.82) is 5.26 Å². The van der Waals surface area contributed by atoms with Gasteiger partial charge in [-0.3, -0.25) is 4.79 Å². The quantitative estimate of drug-likeness (QED) is 0.285. The smallest absolute Gasteiger partial charge is 0.254 e. The summed E-state index contributed by atoms with van der Waals surface area (Å²) in [5.74, 6) is 1.52. The zero-order valence-corrected chi connectivity index (χ0v) is 20.2. The van der Waals surface area contributed by atoms with E-state index < -0.39 is 0 Å². The Bertz CT molecular complexity index is 1030. The molecule has 0 bridgehead atoms. The van der Waals surface area contributed by atoms with Crippen LogP contribution in [-0.2, 0) is 0 Å². The third-order valence-corrected chi connectivity index (χ3v) is 4.60. The Labute approximate surface area is 195 Å². The Kier molecular flexibility index (Phi) is 9.10. The number of amides is 1. The number of methoxy groups -OCH3 is 1. The summed E-state index contributed by atoms with van der Waals surface area (Å²) in [5.41, 5.74) is 1.57. The van der Waals surface area contributed by atoms with Crippen LogP contribution in [0.2, 0.25) is 0 Å². The van der Waals surface area contributed by atoms with Gasteiger partial charge in [0.2, 0.25) is 6.79 Å². The standard InChI is InChI=1S/C25H31N3O5/c1-16(2)27-33-23-13-21(10-8-20(23)14-26)31-15-32-22-11-9-19(12-24(22)30-7)25(29)28(17(3)4)18(5)6/h8-13,17-18H,15H2,1-7H3. The van der Waals surface area contributed by atoms with E-state index >= 15 is 0 Å². The van der Waals surface area contributed by atoms with Gasteiger partial charge in [-0.15, -0.1) is 0 Å². The predicted octanol–water partition coefficient (Wildman–Crippen LogP) is 5.02. The van der Waals surface area contributed by atoms with Crippen LogP contribution in [0.5, 0.6) is 23.0 Å². The number of nitriles is 1. The molecule has 0 heterocycles. The summed E-state index contributed by atoms with van der Waals surface area (Å²) in [5, 5.41) is 13.1. The van der Waals surface area contributed by atoms with Gasteiger partial charge < -0.3 is 23.9 Å². The molecular weight excluding hydrogens is 422 g/mol. The maximum Gasteiger partial charge on any atom is 0.254 e. The van der Waals surface area contributed by atoms with E-state index in [-0.39, 0.29) is 30.5 Å². The molecule has 176 valence electrons. The second-order valence-corrected chi connectivity index (χ2v) is 8.07. The number of hydrogen-bond donors (Lipinski definition) is 0. The van der Waals surface area contributed by atoms with Gasteiger partial charge in [-0.1, -0.05) is 5.16 Å². The summed E-state index contributed by atoms with van der Waals surface area (Å²) in [6.45, 7) is 11.4. The lowest BCUT2D eigenvalue weighted by molar-refractivity contribution is 0.0643. The highest BCUT2D eigenvalue weighted by atomic mass is 16.7. The molecule has 2 aromatic carbocycles. The molecule has 0 spiro atoms. The summed E-state index contributed by atoms with van der Waals surface area (Å²) in [7, 11) is 1.51. The average molecular weight is 454 g/mol. The van der Waals surface area contributed by atoms with Gasteiger partial charge in [0.15, 0.2) is 17.2 Å². The number of oxime groups is 1. The lowest BCUT2D eigenvalue weighted by Crippen LogP contribution is -2.42. The van der Waals surface area contributed by atoms with E-state index in [1.807, 2.05) is 32.6 Å². The van der Waals surface area contributed by atoms with Gasteiger partial charge in [-0.25, -0.2) is 0 Å². The largest absolute Gasteiger partial charge is 0.493 e. The topological polar surface area (TPSA) is 93.4 Å². The first kappa shape index (κ1) is 25.5. The number of hydrogen-bond acceptors (Lipinski definition) is 7. The van der Waals surface area contributed by atoms with Gasteiger partial charge in [0.05, 0.1) is 18.4 Å². The summed E-state index contributed by atoms with van der Waals surface area (Å²) in [6, 6.07) is 12.0. The summed E-state index contributed by atoms with van der Waals surface area (Å²) in [6.07, 6.45) is 0. The molecule has 0 aliphatic rings. The third kappa shape index (κ3) is 6.88. The Morgan fingerprint density at radius 3 is 2.27 bits per heavy atom. The second kappa shape index (κ2) is 11.8. The fraction of sp³-hybridized carbons (Fsp3) is 0.400. The van der Waals surface area contributed by atoms with Crippen molar-refractivity contribution in [3.63, 3.8) is 0 Å². The van der Waals surface area contributed by atoms with Crippen molar-refractivity contribution >= 4 is 11.6 Å². The van der Waals surface area contributed by atoms with Crippen molar-refractivity contribution in [2.75, 3.05) is 13.9 Å². The second-order valence-electron chi connectivity index (χ2n) is 8.07. The maximum atomic E-state index is 12.9. The van der Waals surface area contributed by atoms with Gasteiger partial charge in [0, 0.05) is 23.7 Å². The predicted molar refractivity (Wildman–Crippen MR) is 126 cm³/mol. The minimum absolute atomic E-state index is 0.0704. The lowest BCUT2D eigenvalue weighted by atomic mass is 10.1. The molecule has 0 fully saturated rings. The number of carbonyl (C=O) groups is 1. The molecule has 33 heavy (non-hydrogen) atoms. The zero-order chi connectivity index (χ0) is 24.5. The molecule has 2 aromatic rings. The molecule has 0 unspecified atom stereocenters. The molecule has 2 rings (SSSR count). The van der Waals surface area contributed by atoms with Crippen LogP contribution < -0.4 is 19.0 Å². The Morgan fingerprint density at radius 2 is 1.70 bits per heavy atom. The minimum atomic E-state index is -0.116. The van der Waals surface area contributed by atoms with Gasteiger partial charge in [0.1, 0.15) is 11.8 Å². The molecule has 0 saturated heterocycles. The number of nitrogens with zero attached hydrogens (tertiary/aromatic N) is 3. The molecule has 0 radical (unpaired) electrons. The van der Waals surface area contributed by atoms with E-state index in [0.717, 1.165) is 0 Å². The van der Waals surface area contributed by atoms with E-state index in [9.17, 15) is 10.1 Å². The molecule has 1 amide bonds. The fourth-order valence-electron chi connectivity index (χ4n) is 3.20. The fourth-order valence-corrected chi connectivity index (χ4v) is 3.20. The summed E-state index contributed by atoms with van der Waals surface area (Å²) in [4.78, 5) is 20.1. The van der Waals surface area contributed by atoms with Crippen molar-refractivity contribution in [3.05, 3.63) is 47.5 Å². The highest BCUT2D eigenvalue weighted by Crippen LogP contribution is 2.30. The van der Waals surface area contributed by atoms with Crippen LogP contribution in [0.1, 0.15) is 57.5 Å². The molecule has 8 nitrogen and oxygen atoms in total. The van der Waals surface area contributed by atoms with E-state index in [0.29, 0.717) is 34.1 Å². The van der Waals surface area contributed by atoms with Crippen LogP contribution in [0, 0.1) is 11.3 Å². The first-order valence-electron chi connectivity index (χ1n) is 10.7. The highest BCUT2D eigenvalue weighted by Gasteiger charge is 2.22. The van der Waals surface area contributed by atoms with Crippen LogP contribution in [0.15, 0.2) is 41.6 Å². The first-order valence-corrected chi connectivity index (χ1v) is 10.7. The molecule has 0 aliphatic heterocycles. The molecule has 0 saturated carbocycles. The average Bonchev–Trinajstić information content (AvgIpc) is 2.77. The van der Waals surface area contributed by atoms with Crippen molar-refractivity contribution < 1.29 is 23.8 Å². The molecule has 0 aliphatic carbocycles. The highest BCUT2D eigenvalue weighted by molar-refractivity contribution is 5.95.